The SMILES string of the molecule is CCCCCn1c(Nc2cccc(Cl)c2)nc2ccccc21. The second-order valence-corrected chi connectivity index (χ2v) is 5.85. The maximum atomic E-state index is 6.06. The van der Waals surface area contributed by atoms with Gasteiger partial charge in [-0.1, -0.05) is 49.6 Å². The molecule has 0 aliphatic heterocycles. The highest BCUT2D eigenvalue weighted by molar-refractivity contribution is 6.30. The molecule has 0 spiro atoms. The first-order valence-corrected chi connectivity index (χ1v) is 8.13. The maximum absolute atomic E-state index is 6.06. The van der Waals surface area contributed by atoms with Gasteiger partial charge in [0.05, 0.1) is 11.0 Å². The van der Waals surface area contributed by atoms with Gasteiger partial charge >= 0.3 is 0 Å². The van der Waals surface area contributed by atoms with E-state index in [2.05, 4.69) is 35.0 Å². The van der Waals surface area contributed by atoms with Gasteiger partial charge in [-0.05, 0) is 36.8 Å². The number of hydrogen-bond donors (Lipinski definition) is 1. The Bertz CT molecular complexity index is 764. The van der Waals surface area contributed by atoms with Gasteiger partial charge in [-0.2, -0.15) is 0 Å². The summed E-state index contributed by atoms with van der Waals surface area (Å²) < 4.78 is 2.26. The van der Waals surface area contributed by atoms with Crippen molar-refractivity contribution in [2.75, 3.05) is 5.32 Å². The van der Waals surface area contributed by atoms with E-state index in [0.717, 1.165) is 35.1 Å². The third kappa shape index (κ3) is 3.25. The van der Waals surface area contributed by atoms with E-state index >= 15 is 0 Å². The lowest BCUT2D eigenvalue weighted by molar-refractivity contribution is 0.618. The fourth-order valence-corrected chi connectivity index (χ4v) is 2.80. The lowest BCUT2D eigenvalue weighted by Gasteiger charge is -2.11. The maximum Gasteiger partial charge on any atom is 0.208 e. The lowest BCUT2D eigenvalue weighted by Crippen LogP contribution is -2.04. The molecule has 2 aromatic carbocycles. The first-order valence-electron chi connectivity index (χ1n) is 7.76. The summed E-state index contributed by atoms with van der Waals surface area (Å²) in [6, 6.07) is 16.0. The summed E-state index contributed by atoms with van der Waals surface area (Å²) in [5.41, 5.74) is 3.14. The standard InChI is InChI=1S/C18H20ClN3/c1-2-3-6-12-22-17-11-5-4-10-16(17)21-18(22)20-15-9-7-8-14(19)13-15/h4-5,7-11,13H,2-3,6,12H2,1H3,(H,20,21). The van der Waals surface area contributed by atoms with Crippen LogP contribution in [0.25, 0.3) is 11.0 Å². The molecular formula is C18H20ClN3. The van der Waals surface area contributed by atoms with Crippen LogP contribution in [-0.4, -0.2) is 9.55 Å². The summed E-state index contributed by atoms with van der Waals surface area (Å²) >= 11 is 6.06. The fraction of sp³-hybridized carbons (Fsp3) is 0.278. The Kier molecular flexibility index (Phi) is 4.64. The molecule has 3 rings (SSSR count). The van der Waals surface area contributed by atoms with E-state index in [1.807, 2.05) is 30.3 Å². The first-order chi connectivity index (χ1) is 10.8. The molecule has 114 valence electrons. The van der Waals surface area contributed by atoms with E-state index < -0.39 is 0 Å². The zero-order valence-corrected chi connectivity index (χ0v) is 13.5. The van der Waals surface area contributed by atoms with Gasteiger partial charge in [0.2, 0.25) is 5.95 Å². The number of benzene rings is 2. The minimum absolute atomic E-state index is 0.721. The average Bonchev–Trinajstić information content (AvgIpc) is 2.85. The van der Waals surface area contributed by atoms with Crippen molar-refractivity contribution in [3.8, 4) is 0 Å². The molecule has 0 fully saturated rings. The van der Waals surface area contributed by atoms with Gasteiger partial charge < -0.3 is 9.88 Å². The van der Waals surface area contributed by atoms with E-state index in [1.54, 1.807) is 0 Å². The molecule has 0 bridgehead atoms. The van der Waals surface area contributed by atoms with Gasteiger partial charge in [-0.25, -0.2) is 4.98 Å². The molecule has 1 heterocycles. The van der Waals surface area contributed by atoms with E-state index in [4.69, 9.17) is 16.6 Å². The molecule has 1 aromatic heterocycles. The molecule has 0 radical (unpaired) electrons. The number of rotatable bonds is 6. The van der Waals surface area contributed by atoms with Crippen molar-refractivity contribution in [2.45, 2.75) is 32.7 Å². The number of para-hydroxylation sites is 2. The summed E-state index contributed by atoms with van der Waals surface area (Å²) in [5, 5.41) is 4.12. The monoisotopic (exact) mass is 313 g/mol. The van der Waals surface area contributed by atoms with Gasteiger partial charge in [0.1, 0.15) is 0 Å². The second kappa shape index (κ2) is 6.84. The summed E-state index contributed by atoms with van der Waals surface area (Å²) in [4.78, 5) is 4.73. The van der Waals surface area contributed by atoms with Crippen molar-refractivity contribution in [3.05, 3.63) is 53.6 Å². The molecule has 0 aliphatic carbocycles. The largest absolute Gasteiger partial charge is 0.326 e. The predicted molar refractivity (Wildman–Crippen MR) is 94.0 cm³/mol. The Morgan fingerprint density at radius 3 is 2.77 bits per heavy atom. The highest BCUT2D eigenvalue weighted by atomic mass is 35.5. The molecule has 0 aliphatic rings. The van der Waals surface area contributed by atoms with Crippen molar-refractivity contribution in [1.29, 1.82) is 0 Å². The van der Waals surface area contributed by atoms with Crippen molar-refractivity contribution in [2.24, 2.45) is 0 Å². The van der Waals surface area contributed by atoms with Crippen LogP contribution in [0, 0.1) is 0 Å². The molecule has 3 nitrogen and oxygen atoms in total. The molecule has 0 atom stereocenters. The third-order valence-electron chi connectivity index (χ3n) is 3.72. The molecule has 1 N–H and O–H groups in total. The highest BCUT2D eigenvalue weighted by Crippen LogP contribution is 2.24. The summed E-state index contributed by atoms with van der Waals surface area (Å²) in [7, 11) is 0. The van der Waals surface area contributed by atoms with Gasteiger partial charge in [-0.15, -0.1) is 0 Å². The predicted octanol–water partition coefficient (Wildman–Crippen LogP) is 5.62. The molecule has 0 unspecified atom stereocenters. The van der Waals surface area contributed by atoms with Gasteiger partial charge in [0.25, 0.3) is 0 Å². The fourth-order valence-electron chi connectivity index (χ4n) is 2.61. The van der Waals surface area contributed by atoms with Crippen LogP contribution in [0.3, 0.4) is 0 Å². The normalized spacial score (nSPS) is 11.0. The van der Waals surface area contributed by atoms with Gasteiger partial charge in [0.15, 0.2) is 0 Å². The third-order valence-corrected chi connectivity index (χ3v) is 3.96. The van der Waals surface area contributed by atoms with E-state index in [0.29, 0.717) is 0 Å². The van der Waals surface area contributed by atoms with Crippen LogP contribution in [0.1, 0.15) is 26.2 Å². The topological polar surface area (TPSA) is 29.9 Å². The number of nitrogens with one attached hydrogen (secondary N) is 1. The van der Waals surface area contributed by atoms with E-state index in [1.165, 1.54) is 18.4 Å². The molecule has 22 heavy (non-hydrogen) atoms. The number of aryl methyl sites for hydroxylation is 1. The van der Waals surface area contributed by atoms with E-state index in [9.17, 15) is 0 Å². The van der Waals surface area contributed by atoms with Crippen LogP contribution in [0.2, 0.25) is 5.02 Å². The minimum Gasteiger partial charge on any atom is -0.326 e. The zero-order chi connectivity index (χ0) is 15.4. The zero-order valence-electron chi connectivity index (χ0n) is 12.7. The molecule has 0 amide bonds. The van der Waals surface area contributed by atoms with Crippen molar-refractivity contribution in [3.63, 3.8) is 0 Å². The molecule has 3 aromatic rings. The summed E-state index contributed by atoms with van der Waals surface area (Å²) in [6.45, 7) is 3.19. The van der Waals surface area contributed by atoms with Crippen molar-refractivity contribution < 1.29 is 0 Å². The molecular weight excluding hydrogens is 294 g/mol. The minimum atomic E-state index is 0.721. The number of fused-ring (bicyclic) bond motifs is 1. The Balaban J connectivity index is 1.94. The Labute approximate surface area is 135 Å². The number of unbranched alkanes of at least 4 members (excludes halogenated alkanes) is 2. The van der Waals surface area contributed by atoms with Crippen LogP contribution in [0.4, 0.5) is 11.6 Å². The van der Waals surface area contributed by atoms with Crippen molar-refractivity contribution in [1.82, 2.24) is 9.55 Å². The van der Waals surface area contributed by atoms with Crippen LogP contribution >= 0.6 is 11.6 Å². The van der Waals surface area contributed by atoms with Gasteiger partial charge in [-0.3, -0.25) is 0 Å². The molecule has 4 heteroatoms. The van der Waals surface area contributed by atoms with Crippen LogP contribution in [0.15, 0.2) is 48.5 Å². The number of imidazole rings is 1. The van der Waals surface area contributed by atoms with Crippen LogP contribution < -0.4 is 5.32 Å². The number of hydrogen-bond acceptors (Lipinski definition) is 2. The van der Waals surface area contributed by atoms with Crippen LogP contribution in [0.5, 0.6) is 0 Å². The van der Waals surface area contributed by atoms with E-state index in [-0.39, 0.29) is 0 Å². The number of nitrogens with zero attached hydrogens (tertiary/aromatic N) is 2. The average molecular weight is 314 g/mol. The Hall–Kier alpha value is -2.00. The molecule has 0 saturated carbocycles. The Morgan fingerprint density at radius 1 is 1.09 bits per heavy atom. The smallest absolute Gasteiger partial charge is 0.208 e. The number of aromatic nitrogens is 2. The van der Waals surface area contributed by atoms with Gasteiger partial charge in [0, 0.05) is 17.3 Å². The highest BCUT2D eigenvalue weighted by Gasteiger charge is 2.10. The quantitative estimate of drug-likeness (QED) is 0.598. The molecule has 0 saturated heterocycles. The number of halogens is 1. The number of anilines is 2. The van der Waals surface area contributed by atoms with Crippen LogP contribution in [-0.2, 0) is 6.54 Å². The summed E-state index contributed by atoms with van der Waals surface area (Å²) in [6.07, 6.45) is 3.59. The lowest BCUT2D eigenvalue weighted by atomic mass is 10.2. The Morgan fingerprint density at radius 2 is 1.95 bits per heavy atom. The summed E-state index contributed by atoms with van der Waals surface area (Å²) in [5.74, 6) is 0.875. The van der Waals surface area contributed by atoms with Crippen molar-refractivity contribution >= 4 is 34.3 Å². The second-order valence-electron chi connectivity index (χ2n) is 5.42. The first kappa shape index (κ1) is 14.9.